The molecule has 5 nitrogen and oxygen atoms in total. The van der Waals surface area contributed by atoms with Gasteiger partial charge in [-0.15, -0.1) is 0 Å². The van der Waals surface area contributed by atoms with Crippen LogP contribution >= 0.6 is 11.6 Å². The Morgan fingerprint density at radius 2 is 1.76 bits per heavy atom. The number of carbonyl (C=O) groups excluding carboxylic acids is 1. The molecule has 3 rings (SSSR count). The summed E-state index contributed by atoms with van der Waals surface area (Å²) in [5.41, 5.74) is 4.68. The molecule has 0 bridgehead atoms. The van der Waals surface area contributed by atoms with E-state index in [0.717, 1.165) is 11.1 Å². The molecule has 0 aliphatic rings. The molecule has 1 amide bonds. The van der Waals surface area contributed by atoms with E-state index in [4.69, 9.17) is 21.1 Å². The van der Waals surface area contributed by atoms with E-state index in [-0.39, 0.29) is 5.91 Å². The number of amides is 1. The molecule has 3 aromatic carbocycles. The number of benzene rings is 3. The first kappa shape index (κ1) is 20.4. The summed E-state index contributed by atoms with van der Waals surface area (Å²) in [4.78, 5) is 12.1. The number of hydrogen-bond acceptors (Lipinski definition) is 4. The molecule has 0 aromatic heterocycles. The third-order valence-corrected chi connectivity index (χ3v) is 4.33. The van der Waals surface area contributed by atoms with Crippen molar-refractivity contribution in [3.63, 3.8) is 0 Å². The molecule has 3 aromatic rings. The van der Waals surface area contributed by atoms with Crippen molar-refractivity contribution in [3.8, 4) is 11.5 Å². The fourth-order valence-electron chi connectivity index (χ4n) is 2.60. The maximum absolute atomic E-state index is 12.1. The molecule has 29 heavy (non-hydrogen) atoms. The highest BCUT2D eigenvalue weighted by molar-refractivity contribution is 6.33. The fourth-order valence-corrected chi connectivity index (χ4v) is 2.82. The zero-order chi connectivity index (χ0) is 20.5. The van der Waals surface area contributed by atoms with E-state index < -0.39 is 0 Å². The average Bonchev–Trinajstić information content (AvgIpc) is 2.74. The Balaban J connectivity index is 1.66. The van der Waals surface area contributed by atoms with Gasteiger partial charge in [-0.05, 0) is 48.4 Å². The maximum atomic E-state index is 12.1. The van der Waals surface area contributed by atoms with Crippen molar-refractivity contribution < 1.29 is 14.3 Å². The molecule has 0 radical (unpaired) electrons. The Morgan fingerprint density at radius 3 is 2.52 bits per heavy atom. The quantitative estimate of drug-likeness (QED) is 0.417. The van der Waals surface area contributed by atoms with Gasteiger partial charge in [-0.2, -0.15) is 5.10 Å². The number of carbonyl (C=O) groups is 1. The van der Waals surface area contributed by atoms with Crippen LogP contribution in [-0.4, -0.2) is 18.7 Å². The number of halogens is 1. The van der Waals surface area contributed by atoms with Crippen molar-refractivity contribution in [2.75, 3.05) is 6.61 Å². The lowest BCUT2D eigenvalue weighted by Gasteiger charge is -2.12. The molecule has 0 saturated heterocycles. The van der Waals surface area contributed by atoms with E-state index in [1.165, 1.54) is 6.21 Å². The van der Waals surface area contributed by atoms with E-state index in [0.29, 0.717) is 35.3 Å². The van der Waals surface area contributed by atoms with Crippen LogP contribution in [0, 0.1) is 0 Å². The van der Waals surface area contributed by atoms with Crippen LogP contribution in [0.2, 0.25) is 5.02 Å². The van der Waals surface area contributed by atoms with E-state index >= 15 is 0 Å². The summed E-state index contributed by atoms with van der Waals surface area (Å²) in [6, 6.07) is 22.2. The number of hydrazone groups is 1. The fraction of sp³-hybridized carbons (Fsp3) is 0.130. The SMILES string of the molecule is CCOc1cc(/C=N\NC(=O)c2ccccc2Cl)ccc1OCc1ccccc1. The topological polar surface area (TPSA) is 59.9 Å². The lowest BCUT2D eigenvalue weighted by molar-refractivity contribution is 0.0955. The Morgan fingerprint density at radius 1 is 1.00 bits per heavy atom. The van der Waals surface area contributed by atoms with Crippen molar-refractivity contribution >= 4 is 23.7 Å². The number of nitrogens with zero attached hydrogens (tertiary/aromatic N) is 1. The van der Waals surface area contributed by atoms with Gasteiger partial charge in [-0.25, -0.2) is 5.43 Å². The lowest BCUT2D eigenvalue weighted by Crippen LogP contribution is -2.17. The molecule has 0 fully saturated rings. The number of nitrogens with one attached hydrogen (secondary N) is 1. The van der Waals surface area contributed by atoms with Gasteiger partial charge in [-0.1, -0.05) is 54.1 Å². The highest BCUT2D eigenvalue weighted by Gasteiger charge is 2.09. The molecule has 0 spiro atoms. The Kier molecular flexibility index (Phi) is 7.25. The second-order valence-corrected chi connectivity index (χ2v) is 6.50. The van der Waals surface area contributed by atoms with Crippen molar-refractivity contribution in [1.82, 2.24) is 5.43 Å². The van der Waals surface area contributed by atoms with E-state index in [1.807, 2.05) is 55.5 Å². The van der Waals surface area contributed by atoms with Gasteiger partial charge in [0.05, 0.1) is 23.4 Å². The van der Waals surface area contributed by atoms with Gasteiger partial charge in [0.1, 0.15) is 6.61 Å². The summed E-state index contributed by atoms with van der Waals surface area (Å²) in [5.74, 6) is 0.887. The molecular formula is C23H21ClN2O3. The van der Waals surface area contributed by atoms with Crippen LogP contribution < -0.4 is 14.9 Å². The van der Waals surface area contributed by atoms with Gasteiger partial charge in [0.25, 0.3) is 5.91 Å². The van der Waals surface area contributed by atoms with E-state index in [9.17, 15) is 4.79 Å². The zero-order valence-corrected chi connectivity index (χ0v) is 16.7. The molecule has 0 aliphatic carbocycles. The Hall–Kier alpha value is -3.31. The van der Waals surface area contributed by atoms with Crippen molar-refractivity contribution in [2.45, 2.75) is 13.5 Å². The normalized spacial score (nSPS) is 10.7. The number of ether oxygens (including phenoxy) is 2. The molecule has 6 heteroatoms. The van der Waals surface area contributed by atoms with Crippen LogP contribution in [0.15, 0.2) is 77.9 Å². The highest BCUT2D eigenvalue weighted by atomic mass is 35.5. The van der Waals surface area contributed by atoms with Crippen molar-refractivity contribution in [1.29, 1.82) is 0 Å². The molecular weight excluding hydrogens is 388 g/mol. The van der Waals surface area contributed by atoms with Crippen LogP contribution in [0.3, 0.4) is 0 Å². The summed E-state index contributed by atoms with van der Waals surface area (Å²) in [6.07, 6.45) is 1.54. The van der Waals surface area contributed by atoms with E-state index in [2.05, 4.69) is 10.5 Å². The summed E-state index contributed by atoms with van der Waals surface area (Å²) < 4.78 is 11.6. The lowest BCUT2D eigenvalue weighted by atomic mass is 10.2. The van der Waals surface area contributed by atoms with Crippen molar-refractivity contribution in [3.05, 3.63) is 94.5 Å². The molecule has 0 saturated carbocycles. The Labute approximate surface area is 174 Å². The third-order valence-electron chi connectivity index (χ3n) is 4.00. The van der Waals surface area contributed by atoms with E-state index in [1.54, 1.807) is 24.3 Å². The second-order valence-electron chi connectivity index (χ2n) is 6.09. The number of rotatable bonds is 8. The minimum atomic E-state index is -0.375. The molecule has 0 atom stereocenters. The first-order valence-corrected chi connectivity index (χ1v) is 9.56. The van der Waals surface area contributed by atoms with Gasteiger partial charge in [0.15, 0.2) is 11.5 Å². The van der Waals surface area contributed by atoms with Crippen LogP contribution in [0.4, 0.5) is 0 Å². The van der Waals surface area contributed by atoms with Gasteiger partial charge < -0.3 is 9.47 Å². The predicted octanol–water partition coefficient (Wildman–Crippen LogP) is 5.08. The summed E-state index contributed by atoms with van der Waals surface area (Å²) in [7, 11) is 0. The van der Waals surface area contributed by atoms with Crippen LogP contribution in [0.1, 0.15) is 28.4 Å². The highest BCUT2D eigenvalue weighted by Crippen LogP contribution is 2.29. The second kappa shape index (κ2) is 10.3. The largest absolute Gasteiger partial charge is 0.490 e. The number of hydrogen-bond donors (Lipinski definition) is 1. The average molecular weight is 409 g/mol. The smallest absolute Gasteiger partial charge is 0.272 e. The molecule has 0 heterocycles. The molecule has 1 N–H and O–H groups in total. The standard InChI is InChI=1S/C23H21ClN2O3/c1-2-28-22-14-18(12-13-21(22)29-16-17-8-4-3-5-9-17)15-25-26-23(27)19-10-6-7-11-20(19)24/h3-15H,2,16H2,1H3,(H,26,27)/b25-15-. The minimum Gasteiger partial charge on any atom is -0.490 e. The predicted molar refractivity (Wildman–Crippen MR) is 115 cm³/mol. The van der Waals surface area contributed by atoms with Crippen LogP contribution in [-0.2, 0) is 6.61 Å². The summed E-state index contributed by atoms with van der Waals surface area (Å²) >= 11 is 6.02. The van der Waals surface area contributed by atoms with Crippen molar-refractivity contribution in [2.24, 2.45) is 5.10 Å². The first-order chi connectivity index (χ1) is 14.2. The van der Waals surface area contributed by atoms with Gasteiger partial charge in [-0.3, -0.25) is 4.79 Å². The minimum absolute atomic E-state index is 0.367. The van der Waals surface area contributed by atoms with Gasteiger partial charge in [0, 0.05) is 0 Å². The zero-order valence-electron chi connectivity index (χ0n) is 16.0. The van der Waals surface area contributed by atoms with Crippen LogP contribution in [0.5, 0.6) is 11.5 Å². The summed E-state index contributed by atoms with van der Waals surface area (Å²) in [5, 5.41) is 4.38. The first-order valence-electron chi connectivity index (χ1n) is 9.19. The van der Waals surface area contributed by atoms with Gasteiger partial charge in [0.2, 0.25) is 0 Å². The third kappa shape index (κ3) is 5.83. The molecule has 0 unspecified atom stereocenters. The summed E-state index contributed by atoms with van der Waals surface area (Å²) in [6.45, 7) is 2.86. The maximum Gasteiger partial charge on any atom is 0.272 e. The van der Waals surface area contributed by atoms with Gasteiger partial charge >= 0.3 is 0 Å². The molecule has 148 valence electrons. The Bertz CT molecular complexity index is 990. The monoisotopic (exact) mass is 408 g/mol. The molecule has 0 aliphatic heterocycles. The van der Waals surface area contributed by atoms with Crippen LogP contribution in [0.25, 0.3) is 0 Å².